The third kappa shape index (κ3) is 2.67. The Hall–Kier alpha value is 0.390. The summed E-state index contributed by atoms with van der Waals surface area (Å²) in [6, 6.07) is 0.775. The minimum atomic E-state index is 0.275. The summed E-state index contributed by atoms with van der Waals surface area (Å²) >= 11 is 0. The van der Waals surface area contributed by atoms with Crippen molar-refractivity contribution in [1.82, 2.24) is 4.90 Å². The normalized spacial score (nSPS) is 31.6. The van der Waals surface area contributed by atoms with Crippen molar-refractivity contribution in [1.29, 1.82) is 0 Å². The lowest BCUT2D eigenvalue weighted by atomic mass is 9.99. The van der Waals surface area contributed by atoms with Crippen LogP contribution in [-0.4, -0.2) is 44.0 Å². The number of hydrogen-bond acceptors (Lipinski definition) is 1. The molecular weight excluding hydrogens is 177 g/mol. The van der Waals surface area contributed by atoms with Crippen LogP contribution in [0.4, 0.5) is 0 Å². The summed E-state index contributed by atoms with van der Waals surface area (Å²) in [5.41, 5.74) is 1.03. The number of rotatable bonds is 3. The highest BCUT2D eigenvalue weighted by atomic mass is 31.1. The van der Waals surface area contributed by atoms with Crippen LogP contribution in [0.5, 0.6) is 0 Å². The number of hydrogen-bond donors (Lipinski definition) is 0. The molecule has 1 rings (SSSR count). The molecule has 0 amide bonds. The van der Waals surface area contributed by atoms with E-state index < -0.39 is 0 Å². The van der Waals surface area contributed by atoms with Crippen LogP contribution in [-0.2, 0) is 0 Å². The van der Waals surface area contributed by atoms with Crippen molar-refractivity contribution in [3.63, 3.8) is 0 Å². The Kier molecular flexibility index (Phi) is 4.19. The summed E-state index contributed by atoms with van der Waals surface area (Å²) in [7, 11) is 4.71. The van der Waals surface area contributed by atoms with Crippen LogP contribution in [0.15, 0.2) is 0 Å². The standard InChI is InChI=1S/C11H24NP/c1-9(12(2)3)10-7-6-8-11(10)13(4)5/h9-11H,6-8H2,1-5H3/t9-,10?,11?/m0/s1. The van der Waals surface area contributed by atoms with Crippen molar-refractivity contribution < 1.29 is 0 Å². The molecule has 0 aromatic rings. The fraction of sp³-hybridized carbons (Fsp3) is 1.00. The lowest BCUT2D eigenvalue weighted by molar-refractivity contribution is 0.232. The Balaban J connectivity index is 2.57. The molecule has 78 valence electrons. The summed E-state index contributed by atoms with van der Waals surface area (Å²) in [5.74, 6) is 0.969. The van der Waals surface area contributed by atoms with Crippen LogP contribution in [0.2, 0.25) is 0 Å². The van der Waals surface area contributed by atoms with Gasteiger partial charge in [-0.15, -0.1) is 7.92 Å². The second-order valence-electron chi connectivity index (χ2n) is 4.83. The van der Waals surface area contributed by atoms with Gasteiger partial charge in [0.15, 0.2) is 0 Å². The maximum absolute atomic E-state index is 2.45. The highest BCUT2D eigenvalue weighted by Crippen LogP contribution is 2.47. The molecule has 1 nitrogen and oxygen atoms in total. The SMILES string of the molecule is C[C@@H](C1CCCC1P(C)C)N(C)C. The van der Waals surface area contributed by atoms with E-state index in [1.54, 1.807) is 0 Å². The third-order valence-corrected chi connectivity index (χ3v) is 5.60. The van der Waals surface area contributed by atoms with Gasteiger partial charge >= 0.3 is 0 Å². The summed E-state index contributed by atoms with van der Waals surface area (Å²) in [4.78, 5) is 2.39. The lowest BCUT2D eigenvalue weighted by Crippen LogP contribution is -2.35. The molecule has 0 aromatic heterocycles. The predicted octanol–water partition coefficient (Wildman–Crippen LogP) is 2.85. The minimum absolute atomic E-state index is 0.275. The second kappa shape index (κ2) is 4.75. The Morgan fingerprint density at radius 1 is 1.23 bits per heavy atom. The first-order valence-corrected chi connectivity index (χ1v) is 7.67. The lowest BCUT2D eigenvalue weighted by Gasteiger charge is -2.32. The van der Waals surface area contributed by atoms with E-state index in [-0.39, 0.29) is 7.92 Å². The molecule has 2 unspecified atom stereocenters. The predicted molar refractivity (Wildman–Crippen MR) is 63.0 cm³/mol. The molecule has 0 spiro atoms. The van der Waals surface area contributed by atoms with E-state index in [1.807, 2.05) is 0 Å². The van der Waals surface area contributed by atoms with Gasteiger partial charge < -0.3 is 4.90 Å². The molecule has 1 fully saturated rings. The molecule has 0 radical (unpaired) electrons. The van der Waals surface area contributed by atoms with E-state index in [1.165, 1.54) is 19.3 Å². The smallest absolute Gasteiger partial charge is 0.00951 e. The van der Waals surface area contributed by atoms with E-state index in [0.717, 1.165) is 17.6 Å². The van der Waals surface area contributed by atoms with Crippen LogP contribution in [0.3, 0.4) is 0 Å². The topological polar surface area (TPSA) is 3.24 Å². The van der Waals surface area contributed by atoms with Crippen molar-refractivity contribution >= 4 is 7.92 Å². The Morgan fingerprint density at radius 3 is 2.31 bits per heavy atom. The van der Waals surface area contributed by atoms with Crippen molar-refractivity contribution in [2.24, 2.45) is 5.92 Å². The highest BCUT2D eigenvalue weighted by Gasteiger charge is 2.33. The van der Waals surface area contributed by atoms with E-state index in [2.05, 4.69) is 39.2 Å². The molecule has 13 heavy (non-hydrogen) atoms. The molecule has 0 heterocycles. The van der Waals surface area contributed by atoms with Gasteiger partial charge in [0.1, 0.15) is 0 Å². The van der Waals surface area contributed by atoms with Crippen LogP contribution in [0, 0.1) is 5.92 Å². The molecule has 3 atom stereocenters. The summed E-state index contributed by atoms with van der Waals surface area (Å²) < 4.78 is 0. The molecule has 0 aliphatic heterocycles. The van der Waals surface area contributed by atoms with E-state index >= 15 is 0 Å². The van der Waals surface area contributed by atoms with Crippen molar-refractivity contribution in [2.45, 2.75) is 37.9 Å². The molecule has 1 aliphatic rings. The second-order valence-corrected chi connectivity index (χ2v) is 7.42. The summed E-state index contributed by atoms with van der Waals surface area (Å²) in [6.45, 7) is 7.28. The molecule has 1 aliphatic carbocycles. The van der Waals surface area contributed by atoms with E-state index in [9.17, 15) is 0 Å². The molecule has 2 heteroatoms. The average molecular weight is 201 g/mol. The zero-order valence-electron chi connectivity index (χ0n) is 9.75. The fourth-order valence-electron chi connectivity index (χ4n) is 2.56. The first-order chi connectivity index (χ1) is 6.04. The number of nitrogens with zero attached hydrogens (tertiary/aromatic N) is 1. The molecule has 0 N–H and O–H groups in total. The molecule has 0 saturated heterocycles. The molecular formula is C11H24NP. The molecule has 0 bridgehead atoms. The first kappa shape index (κ1) is 11.5. The van der Waals surface area contributed by atoms with Crippen LogP contribution in [0.25, 0.3) is 0 Å². The van der Waals surface area contributed by atoms with Crippen LogP contribution < -0.4 is 0 Å². The van der Waals surface area contributed by atoms with E-state index in [0.29, 0.717) is 0 Å². The highest BCUT2D eigenvalue weighted by molar-refractivity contribution is 7.56. The van der Waals surface area contributed by atoms with Crippen LogP contribution >= 0.6 is 7.92 Å². The van der Waals surface area contributed by atoms with Gasteiger partial charge in [-0.1, -0.05) is 6.42 Å². The van der Waals surface area contributed by atoms with Gasteiger partial charge in [0, 0.05) is 6.04 Å². The van der Waals surface area contributed by atoms with Crippen molar-refractivity contribution in [3.8, 4) is 0 Å². The zero-order chi connectivity index (χ0) is 10.0. The van der Waals surface area contributed by atoms with Gasteiger partial charge in [-0.05, 0) is 58.8 Å². The largest absolute Gasteiger partial charge is 0.306 e. The summed E-state index contributed by atoms with van der Waals surface area (Å²) in [5, 5.41) is 0. The average Bonchev–Trinajstić information content (AvgIpc) is 2.50. The Bertz CT molecular complexity index is 156. The Labute approximate surface area is 84.6 Å². The van der Waals surface area contributed by atoms with Crippen LogP contribution in [0.1, 0.15) is 26.2 Å². The first-order valence-electron chi connectivity index (χ1n) is 5.37. The Morgan fingerprint density at radius 2 is 1.85 bits per heavy atom. The van der Waals surface area contributed by atoms with Crippen molar-refractivity contribution in [2.75, 3.05) is 27.4 Å². The van der Waals surface area contributed by atoms with Gasteiger partial charge in [0.05, 0.1) is 0 Å². The fourth-order valence-corrected chi connectivity index (χ4v) is 4.42. The van der Waals surface area contributed by atoms with Gasteiger partial charge in [0.25, 0.3) is 0 Å². The molecule has 1 saturated carbocycles. The van der Waals surface area contributed by atoms with Gasteiger partial charge in [-0.25, -0.2) is 0 Å². The maximum Gasteiger partial charge on any atom is 0.00951 e. The van der Waals surface area contributed by atoms with Gasteiger partial charge in [0.2, 0.25) is 0 Å². The monoisotopic (exact) mass is 201 g/mol. The molecule has 0 aromatic carbocycles. The third-order valence-electron chi connectivity index (χ3n) is 3.63. The van der Waals surface area contributed by atoms with Crippen molar-refractivity contribution in [3.05, 3.63) is 0 Å². The van der Waals surface area contributed by atoms with Gasteiger partial charge in [-0.2, -0.15) is 0 Å². The minimum Gasteiger partial charge on any atom is -0.306 e. The van der Waals surface area contributed by atoms with E-state index in [4.69, 9.17) is 0 Å². The van der Waals surface area contributed by atoms with Gasteiger partial charge in [-0.3, -0.25) is 0 Å². The summed E-state index contributed by atoms with van der Waals surface area (Å²) in [6.07, 6.45) is 4.42. The maximum atomic E-state index is 2.45. The quantitative estimate of drug-likeness (QED) is 0.635. The zero-order valence-corrected chi connectivity index (χ0v) is 10.6.